The Bertz CT molecular complexity index is 172. The molecule has 1 atom stereocenters. The van der Waals surface area contributed by atoms with Crippen LogP contribution in [0.1, 0.15) is 47.0 Å². The van der Waals surface area contributed by atoms with E-state index in [0.29, 0.717) is 0 Å². The average molecular weight is 226 g/mol. The third kappa shape index (κ3) is 4.84. The predicted molar refractivity (Wildman–Crippen MR) is 71.8 cm³/mol. The van der Waals surface area contributed by atoms with Gasteiger partial charge in [0.1, 0.15) is 0 Å². The largest absolute Gasteiger partial charge is 0.314 e. The fraction of sp³-hybridized carbons (Fsp3) is 1.00. The summed E-state index contributed by atoms with van der Waals surface area (Å²) in [5.74, 6) is 1.60. The summed E-state index contributed by atoms with van der Waals surface area (Å²) < 4.78 is 0. The molecule has 0 amide bonds. The van der Waals surface area contributed by atoms with Gasteiger partial charge in [-0.25, -0.2) is 0 Å². The molecule has 2 heteroatoms. The van der Waals surface area contributed by atoms with E-state index in [9.17, 15) is 0 Å². The van der Waals surface area contributed by atoms with Crippen LogP contribution in [-0.4, -0.2) is 37.1 Å². The lowest BCUT2D eigenvalue weighted by molar-refractivity contribution is 0.193. The van der Waals surface area contributed by atoms with E-state index in [2.05, 4.69) is 37.9 Å². The molecule has 1 saturated heterocycles. The molecule has 0 spiro atoms. The lowest BCUT2D eigenvalue weighted by atomic mass is 9.97. The molecule has 1 aliphatic rings. The third-order valence-corrected chi connectivity index (χ3v) is 3.99. The second-order valence-electron chi connectivity index (χ2n) is 5.75. The minimum Gasteiger partial charge on any atom is -0.314 e. The number of nitrogens with one attached hydrogen (secondary N) is 1. The molecular formula is C14H30N2. The zero-order valence-corrected chi connectivity index (χ0v) is 11.6. The maximum Gasteiger partial charge on any atom is 0.00915 e. The van der Waals surface area contributed by atoms with Crippen LogP contribution in [0.4, 0.5) is 0 Å². The summed E-state index contributed by atoms with van der Waals surface area (Å²) in [6.07, 6.45) is 3.97. The van der Waals surface area contributed by atoms with Gasteiger partial charge in [0, 0.05) is 6.04 Å². The Morgan fingerprint density at radius 2 is 1.81 bits per heavy atom. The highest BCUT2D eigenvalue weighted by Crippen LogP contribution is 2.13. The maximum absolute atomic E-state index is 3.74. The van der Waals surface area contributed by atoms with E-state index in [-0.39, 0.29) is 0 Å². The number of hydrogen-bond acceptors (Lipinski definition) is 2. The van der Waals surface area contributed by atoms with Crippen LogP contribution in [0.25, 0.3) is 0 Å². The predicted octanol–water partition coefficient (Wildman–Crippen LogP) is 2.74. The topological polar surface area (TPSA) is 15.3 Å². The summed E-state index contributed by atoms with van der Waals surface area (Å²) in [4.78, 5) is 2.60. The van der Waals surface area contributed by atoms with Gasteiger partial charge in [-0.1, -0.05) is 27.7 Å². The monoisotopic (exact) mass is 226 g/mol. The molecule has 0 bridgehead atoms. The van der Waals surface area contributed by atoms with Crippen molar-refractivity contribution in [1.82, 2.24) is 10.2 Å². The van der Waals surface area contributed by atoms with E-state index >= 15 is 0 Å². The molecule has 0 aliphatic carbocycles. The zero-order chi connectivity index (χ0) is 12.0. The molecule has 1 unspecified atom stereocenters. The zero-order valence-electron chi connectivity index (χ0n) is 11.6. The second-order valence-corrected chi connectivity index (χ2v) is 5.75. The fourth-order valence-corrected chi connectivity index (χ4v) is 2.27. The minimum atomic E-state index is 0.773. The van der Waals surface area contributed by atoms with Crippen LogP contribution in [0.5, 0.6) is 0 Å². The van der Waals surface area contributed by atoms with Crippen molar-refractivity contribution in [1.29, 1.82) is 0 Å². The first-order valence-electron chi connectivity index (χ1n) is 7.09. The second kappa shape index (κ2) is 7.29. The lowest BCUT2D eigenvalue weighted by Crippen LogP contribution is -2.44. The molecule has 0 aromatic heterocycles. The van der Waals surface area contributed by atoms with E-state index in [4.69, 9.17) is 0 Å². The number of rotatable bonds is 6. The van der Waals surface area contributed by atoms with Crippen molar-refractivity contribution in [2.24, 2.45) is 11.8 Å². The fourth-order valence-electron chi connectivity index (χ4n) is 2.27. The molecule has 0 aromatic carbocycles. The van der Waals surface area contributed by atoms with Crippen LogP contribution in [0, 0.1) is 11.8 Å². The molecule has 0 saturated carbocycles. The van der Waals surface area contributed by atoms with Gasteiger partial charge in [0.25, 0.3) is 0 Å². The molecule has 1 aliphatic heterocycles. The van der Waals surface area contributed by atoms with Gasteiger partial charge < -0.3 is 10.2 Å². The Labute approximate surface area is 102 Å². The van der Waals surface area contributed by atoms with Gasteiger partial charge in [0.05, 0.1) is 0 Å². The molecule has 2 nitrogen and oxygen atoms in total. The SMILES string of the molecule is CCCN1CCC(NCC(C)C(C)C)CC1. The summed E-state index contributed by atoms with van der Waals surface area (Å²) in [6.45, 7) is 14.3. The first-order chi connectivity index (χ1) is 7.63. The average Bonchev–Trinajstić information content (AvgIpc) is 2.28. The van der Waals surface area contributed by atoms with Crippen molar-refractivity contribution >= 4 is 0 Å². The Balaban J connectivity index is 2.12. The number of piperidine rings is 1. The van der Waals surface area contributed by atoms with Crippen LogP contribution < -0.4 is 5.32 Å². The minimum absolute atomic E-state index is 0.773. The van der Waals surface area contributed by atoms with Crippen LogP contribution >= 0.6 is 0 Å². The van der Waals surface area contributed by atoms with Crippen LogP contribution in [0.15, 0.2) is 0 Å². The van der Waals surface area contributed by atoms with Crippen molar-refractivity contribution < 1.29 is 0 Å². The quantitative estimate of drug-likeness (QED) is 0.749. The van der Waals surface area contributed by atoms with Crippen molar-refractivity contribution in [3.05, 3.63) is 0 Å². The van der Waals surface area contributed by atoms with E-state index < -0.39 is 0 Å². The maximum atomic E-state index is 3.74. The standard InChI is InChI=1S/C14H30N2/c1-5-8-16-9-6-14(7-10-16)15-11-13(4)12(2)3/h12-15H,5-11H2,1-4H3. The molecule has 0 aromatic rings. The molecule has 1 N–H and O–H groups in total. The van der Waals surface area contributed by atoms with Gasteiger partial charge >= 0.3 is 0 Å². The van der Waals surface area contributed by atoms with E-state index in [1.165, 1.54) is 45.4 Å². The van der Waals surface area contributed by atoms with Gasteiger partial charge in [0.15, 0.2) is 0 Å². The van der Waals surface area contributed by atoms with Crippen LogP contribution in [0.2, 0.25) is 0 Å². The first kappa shape index (κ1) is 14.0. The summed E-state index contributed by atoms with van der Waals surface area (Å²) in [5.41, 5.74) is 0. The summed E-state index contributed by atoms with van der Waals surface area (Å²) >= 11 is 0. The molecule has 0 radical (unpaired) electrons. The normalized spacial score (nSPS) is 21.6. The van der Waals surface area contributed by atoms with Crippen molar-refractivity contribution in [3.8, 4) is 0 Å². The third-order valence-electron chi connectivity index (χ3n) is 3.99. The van der Waals surface area contributed by atoms with Crippen molar-refractivity contribution in [2.75, 3.05) is 26.2 Å². The summed E-state index contributed by atoms with van der Waals surface area (Å²) in [5, 5.41) is 3.74. The molecular weight excluding hydrogens is 196 g/mol. The van der Waals surface area contributed by atoms with Crippen molar-refractivity contribution in [3.63, 3.8) is 0 Å². The van der Waals surface area contributed by atoms with E-state index in [0.717, 1.165) is 17.9 Å². The van der Waals surface area contributed by atoms with Gasteiger partial charge in [0.2, 0.25) is 0 Å². The number of hydrogen-bond donors (Lipinski definition) is 1. The Morgan fingerprint density at radius 3 is 2.31 bits per heavy atom. The smallest absolute Gasteiger partial charge is 0.00915 e. The van der Waals surface area contributed by atoms with Crippen LogP contribution in [0.3, 0.4) is 0 Å². The van der Waals surface area contributed by atoms with Crippen LogP contribution in [-0.2, 0) is 0 Å². The molecule has 1 rings (SSSR count). The highest BCUT2D eigenvalue weighted by molar-refractivity contribution is 4.77. The molecule has 1 heterocycles. The first-order valence-corrected chi connectivity index (χ1v) is 7.09. The molecule has 16 heavy (non-hydrogen) atoms. The number of likely N-dealkylation sites (tertiary alicyclic amines) is 1. The highest BCUT2D eigenvalue weighted by Gasteiger charge is 2.18. The van der Waals surface area contributed by atoms with Gasteiger partial charge in [-0.2, -0.15) is 0 Å². The molecule has 1 fully saturated rings. The summed E-state index contributed by atoms with van der Waals surface area (Å²) in [6, 6.07) is 0.773. The summed E-state index contributed by atoms with van der Waals surface area (Å²) in [7, 11) is 0. The highest BCUT2D eigenvalue weighted by atomic mass is 15.1. The van der Waals surface area contributed by atoms with E-state index in [1.807, 2.05) is 0 Å². The van der Waals surface area contributed by atoms with E-state index in [1.54, 1.807) is 0 Å². The van der Waals surface area contributed by atoms with Crippen molar-refractivity contribution in [2.45, 2.75) is 53.0 Å². The molecule has 96 valence electrons. The Hall–Kier alpha value is -0.0800. The Morgan fingerprint density at radius 1 is 1.19 bits per heavy atom. The van der Waals surface area contributed by atoms with Gasteiger partial charge in [-0.3, -0.25) is 0 Å². The number of nitrogens with zero attached hydrogens (tertiary/aromatic N) is 1. The van der Waals surface area contributed by atoms with Gasteiger partial charge in [-0.15, -0.1) is 0 Å². The lowest BCUT2D eigenvalue weighted by Gasteiger charge is -2.33. The Kier molecular flexibility index (Phi) is 6.37. The van der Waals surface area contributed by atoms with Gasteiger partial charge in [-0.05, 0) is 57.3 Å².